The number of carbonyl (C=O) groups excluding carboxylic acids is 1. The van der Waals surface area contributed by atoms with Crippen LogP contribution in [0.15, 0.2) is 39.7 Å². The lowest BCUT2D eigenvalue weighted by Gasteiger charge is -2.34. The summed E-state index contributed by atoms with van der Waals surface area (Å²) in [6.07, 6.45) is 0.328. The molecule has 2 aromatic rings. The molecule has 0 radical (unpaired) electrons. The predicted octanol–water partition coefficient (Wildman–Crippen LogP) is 3.20. The van der Waals surface area contributed by atoms with Gasteiger partial charge >= 0.3 is 0 Å². The van der Waals surface area contributed by atoms with E-state index in [0.29, 0.717) is 37.5 Å². The molecule has 0 spiro atoms. The molecule has 1 aliphatic heterocycles. The first-order valence-electron chi connectivity index (χ1n) is 8.37. The van der Waals surface area contributed by atoms with Crippen LogP contribution in [0, 0.1) is 13.8 Å². The second kappa shape index (κ2) is 7.80. The van der Waals surface area contributed by atoms with Gasteiger partial charge in [-0.3, -0.25) is 4.79 Å². The van der Waals surface area contributed by atoms with Crippen molar-refractivity contribution in [3.05, 3.63) is 50.1 Å². The third kappa shape index (κ3) is 4.19. The molecule has 0 N–H and O–H groups in total. The fraction of sp³-hybridized carbons (Fsp3) is 0.389. The highest BCUT2D eigenvalue weighted by atomic mass is 79.9. The molecule has 2 heterocycles. The van der Waals surface area contributed by atoms with E-state index in [-0.39, 0.29) is 5.91 Å². The van der Waals surface area contributed by atoms with E-state index in [0.717, 1.165) is 19.8 Å². The Kier molecular flexibility index (Phi) is 5.86. The van der Waals surface area contributed by atoms with Gasteiger partial charge in [0.05, 0.1) is 11.3 Å². The zero-order valence-corrected chi connectivity index (χ0v) is 18.0. The largest absolute Gasteiger partial charge is 0.340 e. The molecule has 1 amide bonds. The van der Waals surface area contributed by atoms with Crippen LogP contribution in [0.3, 0.4) is 0 Å². The maximum absolute atomic E-state index is 12.9. The highest BCUT2D eigenvalue weighted by molar-refractivity contribution is 9.10. The van der Waals surface area contributed by atoms with Crippen LogP contribution in [-0.4, -0.2) is 49.7 Å². The molecule has 1 fully saturated rings. The van der Waals surface area contributed by atoms with Crippen molar-refractivity contribution in [2.45, 2.75) is 25.2 Å². The molecule has 1 saturated heterocycles. The molecule has 1 aromatic carbocycles. The molecule has 5 nitrogen and oxygen atoms in total. The van der Waals surface area contributed by atoms with Gasteiger partial charge in [0.2, 0.25) is 15.9 Å². The van der Waals surface area contributed by atoms with Crippen LogP contribution in [0.2, 0.25) is 0 Å². The highest BCUT2D eigenvalue weighted by Crippen LogP contribution is 2.28. The van der Waals surface area contributed by atoms with E-state index in [9.17, 15) is 13.2 Å². The van der Waals surface area contributed by atoms with Crippen molar-refractivity contribution in [2.24, 2.45) is 0 Å². The topological polar surface area (TPSA) is 57.7 Å². The van der Waals surface area contributed by atoms with Gasteiger partial charge in [0, 0.05) is 40.4 Å². The fourth-order valence-electron chi connectivity index (χ4n) is 3.11. The van der Waals surface area contributed by atoms with E-state index >= 15 is 0 Å². The summed E-state index contributed by atoms with van der Waals surface area (Å²) in [4.78, 5) is 16.5. The van der Waals surface area contributed by atoms with Gasteiger partial charge < -0.3 is 4.90 Å². The van der Waals surface area contributed by atoms with E-state index in [1.54, 1.807) is 11.0 Å². The molecule has 26 heavy (non-hydrogen) atoms. The number of sulfonamides is 1. The minimum atomic E-state index is -3.49. The van der Waals surface area contributed by atoms with Crippen molar-refractivity contribution in [1.82, 2.24) is 9.21 Å². The Balaban J connectivity index is 1.63. The Bertz CT molecular complexity index is 916. The molecular formula is C18H21BrN2O3S2. The standard InChI is InChI=1S/C18H21BrN2O3S2/c1-13-10-17(14(2)25-13)26(23,24)21-8-6-20(7-9-21)18(22)12-15-4-3-5-16(19)11-15/h3-5,10-11H,6-9,12H2,1-2H3. The zero-order chi connectivity index (χ0) is 18.9. The molecular weight excluding hydrogens is 436 g/mol. The van der Waals surface area contributed by atoms with E-state index in [1.807, 2.05) is 38.1 Å². The number of benzene rings is 1. The Labute approximate surface area is 166 Å². The number of rotatable bonds is 4. The third-order valence-electron chi connectivity index (χ3n) is 4.45. The van der Waals surface area contributed by atoms with E-state index in [1.165, 1.54) is 15.6 Å². The van der Waals surface area contributed by atoms with Gasteiger partial charge in [0.15, 0.2) is 0 Å². The quantitative estimate of drug-likeness (QED) is 0.709. The first-order chi connectivity index (χ1) is 12.3. The Morgan fingerprint density at radius 1 is 1.15 bits per heavy atom. The summed E-state index contributed by atoms with van der Waals surface area (Å²) in [5.41, 5.74) is 0.948. The SMILES string of the molecule is Cc1cc(S(=O)(=O)N2CCN(C(=O)Cc3cccc(Br)c3)CC2)c(C)s1. The number of aryl methyl sites for hydroxylation is 2. The molecule has 3 rings (SSSR count). The molecule has 0 aliphatic carbocycles. The van der Waals surface area contributed by atoms with Crippen molar-refractivity contribution in [3.8, 4) is 0 Å². The number of thiophene rings is 1. The van der Waals surface area contributed by atoms with Gasteiger partial charge in [0.25, 0.3) is 0 Å². The van der Waals surface area contributed by atoms with Gasteiger partial charge in [-0.2, -0.15) is 4.31 Å². The van der Waals surface area contributed by atoms with Crippen molar-refractivity contribution in [2.75, 3.05) is 26.2 Å². The van der Waals surface area contributed by atoms with Gasteiger partial charge in [-0.15, -0.1) is 11.3 Å². The average Bonchev–Trinajstić information content (AvgIpc) is 2.94. The second-order valence-electron chi connectivity index (χ2n) is 6.37. The van der Waals surface area contributed by atoms with Crippen LogP contribution in [0.25, 0.3) is 0 Å². The third-order valence-corrected chi connectivity index (χ3v) is 8.06. The van der Waals surface area contributed by atoms with Gasteiger partial charge in [-0.1, -0.05) is 28.1 Å². The number of amides is 1. The number of halogens is 1. The summed E-state index contributed by atoms with van der Waals surface area (Å²) in [5.74, 6) is 0.0303. The van der Waals surface area contributed by atoms with Crippen molar-refractivity contribution >= 4 is 43.2 Å². The van der Waals surface area contributed by atoms with Crippen molar-refractivity contribution in [3.63, 3.8) is 0 Å². The zero-order valence-electron chi connectivity index (χ0n) is 14.7. The Morgan fingerprint density at radius 3 is 2.42 bits per heavy atom. The number of hydrogen-bond acceptors (Lipinski definition) is 4. The summed E-state index contributed by atoms with van der Waals surface area (Å²) >= 11 is 4.90. The van der Waals surface area contributed by atoms with Crippen molar-refractivity contribution < 1.29 is 13.2 Å². The summed E-state index contributed by atoms with van der Waals surface area (Å²) < 4.78 is 28.1. The first-order valence-corrected chi connectivity index (χ1v) is 11.4. The molecule has 1 aromatic heterocycles. The normalized spacial score (nSPS) is 16.0. The van der Waals surface area contributed by atoms with Gasteiger partial charge in [0.1, 0.15) is 0 Å². The maximum Gasteiger partial charge on any atom is 0.244 e. The molecule has 0 unspecified atom stereocenters. The molecule has 8 heteroatoms. The van der Waals surface area contributed by atoms with Crippen LogP contribution in [0.1, 0.15) is 15.3 Å². The Hall–Kier alpha value is -1.22. The number of carbonyl (C=O) groups is 1. The van der Waals surface area contributed by atoms with Crippen LogP contribution < -0.4 is 0 Å². The summed E-state index contributed by atoms with van der Waals surface area (Å²) in [6.45, 7) is 5.27. The van der Waals surface area contributed by atoms with Crippen LogP contribution in [0.4, 0.5) is 0 Å². The van der Waals surface area contributed by atoms with Crippen molar-refractivity contribution in [1.29, 1.82) is 0 Å². The summed E-state index contributed by atoms with van der Waals surface area (Å²) in [6, 6.07) is 9.42. The fourth-order valence-corrected chi connectivity index (χ4v) is 6.51. The lowest BCUT2D eigenvalue weighted by Crippen LogP contribution is -2.50. The average molecular weight is 457 g/mol. The molecule has 1 aliphatic rings. The van der Waals surface area contributed by atoms with Crippen LogP contribution in [-0.2, 0) is 21.2 Å². The predicted molar refractivity (Wildman–Crippen MR) is 107 cm³/mol. The first kappa shape index (κ1) is 19.5. The van der Waals surface area contributed by atoms with E-state index in [2.05, 4.69) is 15.9 Å². The van der Waals surface area contributed by atoms with Gasteiger partial charge in [-0.05, 0) is 37.6 Å². The second-order valence-corrected chi connectivity index (χ2v) is 10.7. The molecule has 0 atom stereocenters. The highest BCUT2D eigenvalue weighted by Gasteiger charge is 2.31. The van der Waals surface area contributed by atoms with E-state index < -0.39 is 10.0 Å². The maximum atomic E-state index is 12.9. The molecule has 0 bridgehead atoms. The van der Waals surface area contributed by atoms with Crippen LogP contribution >= 0.6 is 27.3 Å². The van der Waals surface area contributed by atoms with E-state index in [4.69, 9.17) is 0 Å². The lowest BCUT2D eigenvalue weighted by atomic mass is 10.1. The number of piperazine rings is 1. The Morgan fingerprint density at radius 2 is 1.85 bits per heavy atom. The summed E-state index contributed by atoms with van der Waals surface area (Å²) in [7, 11) is -3.49. The summed E-state index contributed by atoms with van der Waals surface area (Å²) in [5, 5.41) is 0. The smallest absolute Gasteiger partial charge is 0.244 e. The van der Waals surface area contributed by atoms with Gasteiger partial charge in [-0.25, -0.2) is 8.42 Å². The minimum Gasteiger partial charge on any atom is -0.340 e. The van der Waals surface area contributed by atoms with Crippen LogP contribution in [0.5, 0.6) is 0 Å². The number of hydrogen-bond donors (Lipinski definition) is 0. The molecule has 0 saturated carbocycles. The monoisotopic (exact) mass is 456 g/mol. The minimum absolute atomic E-state index is 0.0303. The molecule has 140 valence electrons. The number of nitrogens with zero attached hydrogens (tertiary/aromatic N) is 2. The lowest BCUT2D eigenvalue weighted by molar-refractivity contribution is -0.131.